The number of fused-ring (bicyclic) bond motifs is 1. The molecular formula is C12H11F3N2O2S. The number of H-pyrrole nitrogens is 1. The zero-order valence-corrected chi connectivity index (χ0v) is 11.3. The highest BCUT2D eigenvalue weighted by atomic mass is 32.1. The Balaban J connectivity index is 2.45. The Morgan fingerprint density at radius 3 is 2.75 bits per heavy atom. The van der Waals surface area contributed by atoms with Gasteiger partial charge in [0.2, 0.25) is 0 Å². The summed E-state index contributed by atoms with van der Waals surface area (Å²) in [6, 6.07) is 3.20. The summed E-state index contributed by atoms with van der Waals surface area (Å²) in [5.74, 6) is -0.496. The van der Waals surface area contributed by atoms with Crippen LogP contribution in [0, 0.1) is 4.77 Å². The third-order valence-electron chi connectivity index (χ3n) is 2.69. The van der Waals surface area contributed by atoms with Crippen LogP contribution in [0.15, 0.2) is 18.2 Å². The average molecular weight is 304 g/mol. The first-order valence-electron chi connectivity index (χ1n) is 5.78. The molecule has 0 saturated carbocycles. The first-order chi connectivity index (χ1) is 9.32. The maximum atomic E-state index is 12.6. The summed E-state index contributed by atoms with van der Waals surface area (Å²) in [7, 11) is 0. The number of carbonyl (C=O) groups is 1. The SMILES string of the molecule is CCOC(=O)Cn1c(=S)[nH]c2cc(C(F)(F)F)ccc21. The lowest BCUT2D eigenvalue weighted by molar-refractivity contribution is -0.143. The Hall–Kier alpha value is -1.83. The minimum absolute atomic E-state index is 0.141. The van der Waals surface area contributed by atoms with E-state index in [0.717, 1.165) is 12.1 Å². The zero-order chi connectivity index (χ0) is 14.9. The summed E-state index contributed by atoms with van der Waals surface area (Å²) in [6.45, 7) is 1.76. The number of hydrogen-bond acceptors (Lipinski definition) is 3. The molecule has 1 heterocycles. The van der Waals surface area contributed by atoms with Crippen LogP contribution >= 0.6 is 12.2 Å². The second kappa shape index (κ2) is 5.28. The summed E-state index contributed by atoms with van der Waals surface area (Å²) in [5.41, 5.74) is -0.116. The highest BCUT2D eigenvalue weighted by Crippen LogP contribution is 2.31. The molecule has 0 aliphatic carbocycles. The van der Waals surface area contributed by atoms with Crippen LogP contribution in [0.5, 0.6) is 0 Å². The van der Waals surface area contributed by atoms with Gasteiger partial charge in [0.15, 0.2) is 4.77 Å². The van der Waals surface area contributed by atoms with Crippen molar-refractivity contribution in [3.63, 3.8) is 0 Å². The number of rotatable bonds is 3. The molecule has 2 aromatic rings. The lowest BCUT2D eigenvalue weighted by atomic mass is 10.2. The molecule has 8 heteroatoms. The largest absolute Gasteiger partial charge is 0.465 e. The van der Waals surface area contributed by atoms with Gasteiger partial charge in [-0.2, -0.15) is 13.2 Å². The summed E-state index contributed by atoms with van der Waals surface area (Å²) in [4.78, 5) is 14.1. The normalized spacial score (nSPS) is 11.8. The van der Waals surface area contributed by atoms with Gasteiger partial charge in [0.1, 0.15) is 6.54 Å². The van der Waals surface area contributed by atoms with Gasteiger partial charge in [0, 0.05) is 0 Å². The number of nitrogens with one attached hydrogen (secondary N) is 1. The van der Waals surface area contributed by atoms with Crippen molar-refractivity contribution >= 4 is 29.2 Å². The molecule has 0 unspecified atom stereocenters. The maximum absolute atomic E-state index is 12.6. The highest BCUT2D eigenvalue weighted by molar-refractivity contribution is 7.71. The molecule has 4 nitrogen and oxygen atoms in total. The number of aromatic nitrogens is 2. The quantitative estimate of drug-likeness (QED) is 0.699. The zero-order valence-electron chi connectivity index (χ0n) is 10.5. The fourth-order valence-corrected chi connectivity index (χ4v) is 2.11. The van der Waals surface area contributed by atoms with E-state index < -0.39 is 17.7 Å². The molecule has 1 N–H and O–H groups in total. The van der Waals surface area contributed by atoms with Gasteiger partial charge in [-0.05, 0) is 37.3 Å². The van der Waals surface area contributed by atoms with Crippen LogP contribution in [0.1, 0.15) is 12.5 Å². The lowest BCUT2D eigenvalue weighted by Crippen LogP contribution is -2.13. The lowest BCUT2D eigenvalue weighted by Gasteiger charge is -2.07. The third kappa shape index (κ3) is 2.84. The molecule has 0 amide bonds. The predicted molar refractivity (Wildman–Crippen MR) is 68.8 cm³/mol. The van der Waals surface area contributed by atoms with Crippen LogP contribution in [-0.2, 0) is 22.3 Å². The monoisotopic (exact) mass is 304 g/mol. The summed E-state index contributed by atoms with van der Waals surface area (Å²) < 4.78 is 44.2. The van der Waals surface area contributed by atoms with Crippen LogP contribution in [0.2, 0.25) is 0 Å². The first kappa shape index (κ1) is 14.6. The number of ether oxygens (including phenoxy) is 1. The number of esters is 1. The van der Waals surface area contributed by atoms with Gasteiger partial charge in [-0.3, -0.25) is 4.79 Å². The molecule has 0 spiro atoms. The fourth-order valence-electron chi connectivity index (χ4n) is 1.83. The number of hydrogen-bond donors (Lipinski definition) is 1. The van der Waals surface area contributed by atoms with Crippen molar-refractivity contribution in [3.8, 4) is 0 Å². The van der Waals surface area contributed by atoms with Crippen molar-refractivity contribution in [2.24, 2.45) is 0 Å². The van der Waals surface area contributed by atoms with E-state index in [0.29, 0.717) is 5.52 Å². The minimum atomic E-state index is -4.42. The van der Waals surface area contributed by atoms with Crippen molar-refractivity contribution in [2.75, 3.05) is 6.61 Å². The number of benzene rings is 1. The van der Waals surface area contributed by atoms with Crippen molar-refractivity contribution in [3.05, 3.63) is 28.5 Å². The molecule has 1 aromatic heterocycles. The molecule has 0 aliphatic rings. The predicted octanol–water partition coefficient (Wildman–Crippen LogP) is 3.28. The van der Waals surface area contributed by atoms with E-state index in [1.807, 2.05) is 0 Å². The molecule has 0 saturated heterocycles. The Morgan fingerprint density at radius 2 is 2.15 bits per heavy atom. The Labute approximate surface area is 117 Å². The fraction of sp³-hybridized carbons (Fsp3) is 0.333. The van der Waals surface area contributed by atoms with Gasteiger partial charge >= 0.3 is 12.1 Å². The van der Waals surface area contributed by atoms with Gasteiger partial charge in [-0.1, -0.05) is 0 Å². The van der Waals surface area contributed by atoms with Crippen molar-refractivity contribution in [2.45, 2.75) is 19.6 Å². The van der Waals surface area contributed by atoms with Crippen molar-refractivity contribution in [1.82, 2.24) is 9.55 Å². The second-order valence-corrected chi connectivity index (χ2v) is 4.44. The summed E-state index contributed by atoms with van der Waals surface area (Å²) in [5, 5.41) is 0. The molecule has 0 atom stereocenters. The molecule has 20 heavy (non-hydrogen) atoms. The molecule has 0 fully saturated rings. The summed E-state index contributed by atoms with van der Waals surface area (Å²) in [6.07, 6.45) is -4.42. The van der Waals surface area contributed by atoms with Gasteiger partial charge in [-0.15, -0.1) is 0 Å². The van der Waals surface area contributed by atoms with Crippen LogP contribution in [-0.4, -0.2) is 22.1 Å². The number of imidazole rings is 1. The number of aromatic amines is 1. The Kier molecular flexibility index (Phi) is 3.85. The second-order valence-electron chi connectivity index (χ2n) is 4.05. The smallest absolute Gasteiger partial charge is 0.416 e. The van der Waals surface area contributed by atoms with Gasteiger partial charge < -0.3 is 14.3 Å². The van der Waals surface area contributed by atoms with Crippen LogP contribution < -0.4 is 0 Å². The van der Waals surface area contributed by atoms with E-state index in [1.165, 1.54) is 10.6 Å². The van der Waals surface area contributed by atoms with E-state index in [9.17, 15) is 18.0 Å². The summed E-state index contributed by atoms with van der Waals surface area (Å²) >= 11 is 5.01. The molecule has 0 aliphatic heterocycles. The van der Waals surface area contributed by atoms with Crippen molar-refractivity contribution in [1.29, 1.82) is 0 Å². The molecular weight excluding hydrogens is 293 g/mol. The minimum Gasteiger partial charge on any atom is -0.465 e. The number of halogens is 3. The van der Waals surface area contributed by atoms with Crippen molar-refractivity contribution < 1.29 is 22.7 Å². The van der Waals surface area contributed by atoms with Gasteiger partial charge in [0.05, 0.1) is 23.2 Å². The number of alkyl halides is 3. The van der Waals surface area contributed by atoms with E-state index in [4.69, 9.17) is 17.0 Å². The molecule has 1 aromatic carbocycles. The highest BCUT2D eigenvalue weighted by Gasteiger charge is 2.30. The first-order valence-corrected chi connectivity index (χ1v) is 6.19. The van der Waals surface area contributed by atoms with Crippen LogP contribution in [0.4, 0.5) is 13.2 Å². The number of carbonyl (C=O) groups excluding carboxylic acids is 1. The Bertz CT molecular complexity index is 703. The molecule has 108 valence electrons. The molecule has 0 bridgehead atoms. The number of nitrogens with zero attached hydrogens (tertiary/aromatic N) is 1. The topological polar surface area (TPSA) is 47.0 Å². The standard InChI is InChI=1S/C12H11F3N2O2S/c1-2-19-10(18)6-17-9-4-3-7(12(13,14)15)5-8(9)16-11(17)20/h3-5H,2,6H2,1H3,(H,16,20). The van der Waals surface area contributed by atoms with Gasteiger partial charge in [0.25, 0.3) is 0 Å². The van der Waals surface area contributed by atoms with Crippen LogP contribution in [0.3, 0.4) is 0 Å². The average Bonchev–Trinajstić information content (AvgIpc) is 2.64. The van der Waals surface area contributed by atoms with Gasteiger partial charge in [-0.25, -0.2) is 0 Å². The van der Waals surface area contributed by atoms with E-state index in [-0.39, 0.29) is 23.4 Å². The Morgan fingerprint density at radius 1 is 1.45 bits per heavy atom. The van der Waals surface area contributed by atoms with Crippen LogP contribution in [0.25, 0.3) is 11.0 Å². The van der Waals surface area contributed by atoms with E-state index in [2.05, 4.69) is 4.98 Å². The van der Waals surface area contributed by atoms with E-state index >= 15 is 0 Å². The maximum Gasteiger partial charge on any atom is 0.416 e. The molecule has 2 rings (SSSR count). The third-order valence-corrected chi connectivity index (χ3v) is 3.02. The van der Waals surface area contributed by atoms with E-state index in [1.54, 1.807) is 6.92 Å². The molecule has 0 radical (unpaired) electrons.